The summed E-state index contributed by atoms with van der Waals surface area (Å²) in [5.74, 6) is 1.32. The maximum Gasteiger partial charge on any atom is 0.153 e. The van der Waals surface area contributed by atoms with Crippen molar-refractivity contribution in [1.29, 1.82) is 0 Å². The average molecular weight is 224 g/mol. The van der Waals surface area contributed by atoms with Crippen molar-refractivity contribution < 1.29 is 0 Å². The summed E-state index contributed by atoms with van der Waals surface area (Å²) in [7, 11) is 0. The van der Waals surface area contributed by atoms with Gasteiger partial charge in [0.1, 0.15) is 0 Å². The second-order valence-corrected chi connectivity index (χ2v) is 5.27. The molecule has 2 rings (SSSR count). The van der Waals surface area contributed by atoms with Gasteiger partial charge in [-0.3, -0.25) is 15.6 Å². The van der Waals surface area contributed by atoms with E-state index in [1.54, 1.807) is 0 Å². The summed E-state index contributed by atoms with van der Waals surface area (Å²) in [5, 5.41) is 10.3. The number of aliphatic imine (C=N–C) groups is 1. The molecule has 0 radical (unpaired) electrons. The Labute approximate surface area is 98.3 Å². The Kier molecular flexibility index (Phi) is 4.32. The van der Waals surface area contributed by atoms with Crippen molar-refractivity contribution in [2.75, 3.05) is 19.6 Å². The van der Waals surface area contributed by atoms with Crippen LogP contribution in [0.1, 0.15) is 26.7 Å². The number of hydrogen-bond acceptors (Lipinski definition) is 4. The van der Waals surface area contributed by atoms with Crippen molar-refractivity contribution in [2.24, 2.45) is 16.8 Å². The standard InChI is InChI=1S/C12H24N4/c1-9-5-14-12(15-6-9)16-8-11-4-3-10(2)13-7-11/h8-15H,3-7H2,1-2H3. The van der Waals surface area contributed by atoms with Crippen molar-refractivity contribution >= 4 is 6.21 Å². The molecule has 2 aliphatic heterocycles. The molecule has 92 valence electrons. The van der Waals surface area contributed by atoms with Crippen molar-refractivity contribution in [1.82, 2.24) is 16.0 Å². The van der Waals surface area contributed by atoms with Gasteiger partial charge in [0.2, 0.25) is 0 Å². The highest BCUT2D eigenvalue weighted by Gasteiger charge is 2.17. The maximum absolute atomic E-state index is 4.58. The number of hydrogen-bond donors (Lipinski definition) is 3. The van der Waals surface area contributed by atoms with E-state index >= 15 is 0 Å². The van der Waals surface area contributed by atoms with Crippen LogP contribution < -0.4 is 16.0 Å². The van der Waals surface area contributed by atoms with Gasteiger partial charge in [0.25, 0.3) is 0 Å². The first-order valence-electron chi connectivity index (χ1n) is 6.47. The van der Waals surface area contributed by atoms with Gasteiger partial charge in [-0.15, -0.1) is 0 Å². The zero-order valence-electron chi connectivity index (χ0n) is 10.4. The van der Waals surface area contributed by atoms with Gasteiger partial charge < -0.3 is 5.32 Å². The van der Waals surface area contributed by atoms with E-state index in [4.69, 9.17) is 0 Å². The summed E-state index contributed by atoms with van der Waals surface area (Å²) in [6.45, 7) is 7.70. The lowest BCUT2D eigenvalue weighted by atomic mass is 9.97. The third-order valence-electron chi connectivity index (χ3n) is 3.46. The molecule has 4 nitrogen and oxygen atoms in total. The van der Waals surface area contributed by atoms with Crippen LogP contribution in [0.5, 0.6) is 0 Å². The van der Waals surface area contributed by atoms with Crippen LogP contribution in [0.4, 0.5) is 0 Å². The van der Waals surface area contributed by atoms with Gasteiger partial charge in [0, 0.05) is 37.8 Å². The summed E-state index contributed by atoms with van der Waals surface area (Å²) >= 11 is 0. The Morgan fingerprint density at radius 1 is 1.00 bits per heavy atom. The zero-order chi connectivity index (χ0) is 11.4. The molecule has 2 unspecified atom stereocenters. The van der Waals surface area contributed by atoms with Crippen molar-refractivity contribution in [2.45, 2.75) is 39.0 Å². The first-order valence-corrected chi connectivity index (χ1v) is 6.47. The molecule has 0 aromatic heterocycles. The minimum atomic E-state index is 0.135. The van der Waals surface area contributed by atoms with Crippen LogP contribution in [0.3, 0.4) is 0 Å². The predicted molar refractivity (Wildman–Crippen MR) is 67.6 cm³/mol. The third-order valence-corrected chi connectivity index (χ3v) is 3.46. The lowest BCUT2D eigenvalue weighted by Gasteiger charge is -2.28. The second-order valence-electron chi connectivity index (χ2n) is 5.27. The number of piperidine rings is 1. The van der Waals surface area contributed by atoms with Crippen molar-refractivity contribution in [3.63, 3.8) is 0 Å². The quantitative estimate of drug-likeness (QED) is 0.601. The van der Waals surface area contributed by atoms with Crippen LogP contribution in [-0.2, 0) is 0 Å². The van der Waals surface area contributed by atoms with Gasteiger partial charge in [0.05, 0.1) is 0 Å². The van der Waals surface area contributed by atoms with E-state index in [9.17, 15) is 0 Å². The fourth-order valence-electron chi connectivity index (χ4n) is 2.23. The first kappa shape index (κ1) is 12.0. The van der Waals surface area contributed by atoms with Gasteiger partial charge in [-0.25, -0.2) is 0 Å². The Hall–Kier alpha value is -0.450. The minimum Gasteiger partial charge on any atom is -0.314 e. The largest absolute Gasteiger partial charge is 0.314 e. The minimum absolute atomic E-state index is 0.135. The molecule has 2 atom stereocenters. The van der Waals surface area contributed by atoms with Gasteiger partial charge in [-0.05, 0) is 25.7 Å². The summed E-state index contributed by atoms with van der Waals surface area (Å²) < 4.78 is 0. The lowest BCUT2D eigenvalue weighted by Crippen LogP contribution is -2.51. The molecular weight excluding hydrogens is 200 g/mol. The zero-order valence-corrected chi connectivity index (χ0v) is 10.4. The third kappa shape index (κ3) is 3.54. The van der Waals surface area contributed by atoms with Gasteiger partial charge >= 0.3 is 0 Å². The molecule has 0 aromatic rings. The van der Waals surface area contributed by atoms with Crippen LogP contribution in [0.2, 0.25) is 0 Å². The summed E-state index contributed by atoms with van der Waals surface area (Å²) in [4.78, 5) is 4.58. The average Bonchev–Trinajstić information content (AvgIpc) is 2.30. The molecule has 2 aliphatic rings. The molecular formula is C12H24N4. The van der Waals surface area contributed by atoms with E-state index in [0.717, 1.165) is 19.6 Å². The number of nitrogens with zero attached hydrogens (tertiary/aromatic N) is 1. The first-order chi connectivity index (χ1) is 7.74. The van der Waals surface area contributed by atoms with Crippen LogP contribution in [0, 0.1) is 11.8 Å². The smallest absolute Gasteiger partial charge is 0.153 e. The molecule has 0 bridgehead atoms. The van der Waals surface area contributed by atoms with E-state index in [0.29, 0.717) is 17.9 Å². The highest BCUT2D eigenvalue weighted by Crippen LogP contribution is 2.12. The molecule has 0 aliphatic carbocycles. The maximum atomic E-state index is 4.58. The SMILES string of the molecule is CC1CNC(N=CC2CCC(C)NC2)NC1. The monoisotopic (exact) mass is 224 g/mol. The summed E-state index contributed by atoms with van der Waals surface area (Å²) in [6.07, 6.45) is 4.79. The van der Waals surface area contributed by atoms with Gasteiger partial charge in [0.15, 0.2) is 6.29 Å². The van der Waals surface area contributed by atoms with Crippen LogP contribution in [0.15, 0.2) is 4.99 Å². The van der Waals surface area contributed by atoms with E-state index in [1.807, 2.05) is 0 Å². The molecule has 0 amide bonds. The second kappa shape index (κ2) is 5.75. The Balaban J connectivity index is 1.72. The highest BCUT2D eigenvalue weighted by atomic mass is 15.3. The van der Waals surface area contributed by atoms with E-state index in [1.165, 1.54) is 12.8 Å². The predicted octanol–water partition coefficient (Wildman–Crippen LogP) is 0.558. The molecule has 2 heterocycles. The molecule has 2 saturated heterocycles. The van der Waals surface area contributed by atoms with Crippen molar-refractivity contribution in [3.05, 3.63) is 0 Å². The van der Waals surface area contributed by atoms with Crippen LogP contribution in [-0.4, -0.2) is 38.2 Å². The molecule has 0 spiro atoms. The topological polar surface area (TPSA) is 48.5 Å². The van der Waals surface area contributed by atoms with Gasteiger partial charge in [-0.2, -0.15) is 0 Å². The Morgan fingerprint density at radius 2 is 1.75 bits per heavy atom. The molecule has 0 saturated carbocycles. The normalized spacial score (nSPS) is 41.4. The molecule has 4 heteroatoms. The lowest BCUT2D eigenvalue weighted by molar-refractivity contribution is 0.315. The molecule has 2 fully saturated rings. The van der Waals surface area contributed by atoms with Crippen LogP contribution >= 0.6 is 0 Å². The molecule has 16 heavy (non-hydrogen) atoms. The fraction of sp³-hybridized carbons (Fsp3) is 0.917. The van der Waals surface area contributed by atoms with Crippen LogP contribution in [0.25, 0.3) is 0 Å². The molecule has 0 aromatic carbocycles. The Morgan fingerprint density at radius 3 is 2.38 bits per heavy atom. The fourth-order valence-corrected chi connectivity index (χ4v) is 2.23. The Bertz CT molecular complexity index is 201. The van der Waals surface area contributed by atoms with Gasteiger partial charge in [-0.1, -0.05) is 6.92 Å². The van der Waals surface area contributed by atoms with E-state index < -0.39 is 0 Å². The molecule has 3 N–H and O–H groups in total. The van der Waals surface area contributed by atoms with E-state index in [2.05, 4.69) is 41.0 Å². The number of nitrogens with one attached hydrogen (secondary N) is 3. The number of rotatable bonds is 2. The van der Waals surface area contributed by atoms with E-state index in [-0.39, 0.29) is 6.29 Å². The summed E-state index contributed by atoms with van der Waals surface area (Å²) in [6, 6.07) is 0.677. The summed E-state index contributed by atoms with van der Waals surface area (Å²) in [5.41, 5.74) is 0. The highest BCUT2D eigenvalue weighted by molar-refractivity contribution is 5.61. The van der Waals surface area contributed by atoms with Crippen molar-refractivity contribution in [3.8, 4) is 0 Å².